The van der Waals surface area contributed by atoms with Crippen LogP contribution in [0.15, 0.2) is 91.0 Å². The summed E-state index contributed by atoms with van der Waals surface area (Å²) < 4.78 is 0. The molecule has 0 atom stereocenters. The molecule has 0 amide bonds. The summed E-state index contributed by atoms with van der Waals surface area (Å²) in [6, 6.07) is 32.6. The number of benzene rings is 3. The van der Waals surface area contributed by atoms with E-state index in [1.165, 1.54) is 15.9 Å². The fourth-order valence-corrected chi connectivity index (χ4v) is 6.60. The Balaban J connectivity index is 0.000000647. The molecule has 0 aliphatic heterocycles. The Morgan fingerprint density at radius 2 is 0.875 bits per heavy atom. The minimum atomic E-state index is -1.66. The first-order valence-electron chi connectivity index (χ1n) is 7.48. The third-order valence-corrected chi connectivity index (χ3v) is 7.99. The zero-order valence-corrected chi connectivity index (χ0v) is 17.2. The monoisotopic (exact) mass is 466 g/mol. The van der Waals surface area contributed by atoms with Crippen LogP contribution >= 0.6 is 25.9 Å². The molecular formula is C20H19Cl2PPd. The number of hydrogen-bond donors (Lipinski definition) is 0. The SMILES string of the molecule is CC=P(c1ccccc1)(c1ccccc1)c1ccccc1.[Cl][Pd][Cl]. The molecule has 0 fully saturated rings. The molecule has 0 saturated carbocycles. The van der Waals surface area contributed by atoms with Crippen molar-refractivity contribution >= 4 is 47.7 Å². The summed E-state index contributed by atoms with van der Waals surface area (Å²) in [5.74, 6) is 2.41. The fraction of sp³-hybridized carbons (Fsp3) is 0.0500. The molecule has 0 spiro atoms. The second-order valence-corrected chi connectivity index (χ2v) is 10.9. The van der Waals surface area contributed by atoms with Gasteiger partial charge >= 0.3 is 35.0 Å². The van der Waals surface area contributed by atoms with Gasteiger partial charge in [0.25, 0.3) is 0 Å². The van der Waals surface area contributed by atoms with E-state index in [1.54, 1.807) is 0 Å². The molecule has 3 aromatic rings. The van der Waals surface area contributed by atoms with Crippen LogP contribution < -0.4 is 15.9 Å². The van der Waals surface area contributed by atoms with E-state index in [0.29, 0.717) is 0 Å². The maximum atomic E-state index is 4.81. The first-order chi connectivity index (χ1) is 11.8. The van der Waals surface area contributed by atoms with E-state index in [0.717, 1.165) is 0 Å². The van der Waals surface area contributed by atoms with E-state index >= 15 is 0 Å². The van der Waals surface area contributed by atoms with Gasteiger partial charge in [0, 0.05) is 0 Å². The maximum absolute atomic E-state index is 4.81. The van der Waals surface area contributed by atoms with Gasteiger partial charge in [-0.3, -0.25) is 0 Å². The van der Waals surface area contributed by atoms with Crippen molar-refractivity contribution in [3.63, 3.8) is 0 Å². The molecule has 0 aromatic heterocycles. The van der Waals surface area contributed by atoms with Crippen LogP contribution in [-0.2, 0) is 15.9 Å². The fourth-order valence-electron chi connectivity index (χ4n) is 2.88. The quantitative estimate of drug-likeness (QED) is 0.368. The average molecular weight is 468 g/mol. The molecule has 3 aromatic carbocycles. The predicted molar refractivity (Wildman–Crippen MR) is 109 cm³/mol. The van der Waals surface area contributed by atoms with Gasteiger partial charge in [0.2, 0.25) is 0 Å². The molecule has 128 valence electrons. The molecule has 3 rings (SSSR count). The Kier molecular flexibility index (Phi) is 8.34. The second kappa shape index (κ2) is 10.3. The molecule has 0 unspecified atom stereocenters. The van der Waals surface area contributed by atoms with Gasteiger partial charge in [0.15, 0.2) is 0 Å². The molecule has 24 heavy (non-hydrogen) atoms. The van der Waals surface area contributed by atoms with Crippen molar-refractivity contribution in [1.29, 1.82) is 0 Å². The van der Waals surface area contributed by atoms with Crippen molar-refractivity contribution in [1.82, 2.24) is 0 Å². The molecule has 0 nitrogen and oxygen atoms in total. The number of hydrogen-bond acceptors (Lipinski definition) is 0. The molecule has 0 radical (unpaired) electrons. The molecule has 0 heterocycles. The Morgan fingerprint density at radius 1 is 0.625 bits per heavy atom. The minimum absolute atomic E-state index is 0.106. The standard InChI is InChI=1S/C20H19P.2ClH.Pd/c1-2-21(18-12-6-3-7-13-18,19-14-8-4-9-15-19)20-16-10-5-11-17-20;;;/h2-17H,1H3;2*1H;/q;;;+2/p-2. The van der Waals surface area contributed by atoms with Gasteiger partial charge in [-0.1, -0.05) is 96.8 Å². The molecule has 0 aliphatic carbocycles. The Labute approximate surface area is 160 Å². The molecule has 4 heteroatoms. The van der Waals surface area contributed by atoms with Gasteiger partial charge in [-0.25, -0.2) is 0 Å². The molecule has 0 aliphatic rings. The zero-order chi connectivity index (χ0) is 17.3. The topological polar surface area (TPSA) is 0 Å². The summed E-state index contributed by atoms with van der Waals surface area (Å²) >= 11 is -0.106. The third-order valence-electron chi connectivity index (χ3n) is 3.88. The van der Waals surface area contributed by atoms with Gasteiger partial charge in [0.1, 0.15) is 0 Å². The summed E-state index contributed by atoms with van der Waals surface area (Å²) in [6.07, 6.45) is 0. The molecule has 0 N–H and O–H groups in total. The van der Waals surface area contributed by atoms with Crippen LogP contribution in [0.2, 0.25) is 0 Å². The van der Waals surface area contributed by atoms with Crippen molar-refractivity contribution in [2.75, 3.05) is 0 Å². The number of halogens is 2. The first-order valence-corrected chi connectivity index (χ1v) is 13.3. The van der Waals surface area contributed by atoms with Crippen molar-refractivity contribution < 1.29 is 15.9 Å². The van der Waals surface area contributed by atoms with Crippen LogP contribution in [0.1, 0.15) is 6.92 Å². The summed E-state index contributed by atoms with van der Waals surface area (Å²) in [6.45, 7) is 0.536. The van der Waals surface area contributed by atoms with Crippen LogP contribution in [0.5, 0.6) is 0 Å². The van der Waals surface area contributed by atoms with Crippen LogP contribution in [0.4, 0.5) is 0 Å². The van der Waals surface area contributed by atoms with E-state index < -0.39 is 6.89 Å². The average Bonchev–Trinajstić information content (AvgIpc) is 2.66. The zero-order valence-electron chi connectivity index (χ0n) is 13.3. The van der Waals surface area contributed by atoms with Crippen molar-refractivity contribution in [3.05, 3.63) is 91.0 Å². The summed E-state index contributed by atoms with van der Waals surface area (Å²) in [7, 11) is 9.63. The second-order valence-electron chi connectivity index (χ2n) is 5.03. The van der Waals surface area contributed by atoms with Gasteiger partial charge in [-0.05, 0) is 29.7 Å². The van der Waals surface area contributed by atoms with Crippen molar-refractivity contribution in [2.45, 2.75) is 6.92 Å². The predicted octanol–water partition coefficient (Wildman–Crippen LogP) is 5.18. The Morgan fingerprint density at radius 3 is 1.08 bits per heavy atom. The van der Waals surface area contributed by atoms with Crippen LogP contribution in [-0.4, -0.2) is 5.80 Å². The van der Waals surface area contributed by atoms with E-state index in [4.69, 9.17) is 19.1 Å². The van der Waals surface area contributed by atoms with Crippen molar-refractivity contribution in [2.24, 2.45) is 0 Å². The normalized spacial score (nSPS) is 10.6. The summed E-state index contributed by atoms with van der Waals surface area (Å²) in [5, 5.41) is 4.22. The molecule has 0 bridgehead atoms. The van der Waals surface area contributed by atoms with E-state index in [1.807, 2.05) is 0 Å². The van der Waals surface area contributed by atoms with Gasteiger partial charge in [-0.2, -0.15) is 0 Å². The molecular weight excluding hydrogens is 449 g/mol. The van der Waals surface area contributed by atoms with E-state index in [2.05, 4.69) is 104 Å². The van der Waals surface area contributed by atoms with Crippen molar-refractivity contribution in [3.8, 4) is 0 Å². The molecule has 0 saturated heterocycles. The summed E-state index contributed by atoms with van der Waals surface area (Å²) in [5.41, 5.74) is 0. The van der Waals surface area contributed by atoms with E-state index in [-0.39, 0.29) is 15.9 Å². The van der Waals surface area contributed by atoms with E-state index in [9.17, 15) is 0 Å². The van der Waals surface area contributed by atoms with Crippen LogP contribution in [0, 0.1) is 0 Å². The number of rotatable bonds is 3. The summed E-state index contributed by atoms with van der Waals surface area (Å²) in [4.78, 5) is 0. The Bertz CT molecular complexity index is 671. The van der Waals surface area contributed by atoms with Gasteiger partial charge in [-0.15, -0.1) is 0 Å². The van der Waals surface area contributed by atoms with Crippen LogP contribution in [0.25, 0.3) is 0 Å². The van der Waals surface area contributed by atoms with Gasteiger partial charge < -0.3 is 0 Å². The first kappa shape index (κ1) is 19.5. The van der Waals surface area contributed by atoms with Gasteiger partial charge in [0.05, 0.1) is 0 Å². The third kappa shape index (κ3) is 4.43. The van der Waals surface area contributed by atoms with Crippen LogP contribution in [0.3, 0.4) is 0 Å². The Hall–Kier alpha value is -0.798.